The number of hydrogen-bond acceptors (Lipinski definition) is 6. The van der Waals surface area contributed by atoms with Crippen molar-refractivity contribution in [1.82, 2.24) is 19.9 Å². The summed E-state index contributed by atoms with van der Waals surface area (Å²) < 4.78 is 26.3. The fourth-order valence-corrected chi connectivity index (χ4v) is 6.63. The lowest BCUT2D eigenvalue weighted by Crippen LogP contribution is -2.57. The van der Waals surface area contributed by atoms with Crippen LogP contribution in [0.25, 0.3) is 5.69 Å². The Morgan fingerprint density at radius 2 is 2.12 bits per heavy atom. The van der Waals surface area contributed by atoms with Crippen LogP contribution < -0.4 is 0 Å². The Morgan fingerprint density at radius 3 is 2.92 bits per heavy atom. The van der Waals surface area contributed by atoms with Crippen LogP contribution in [-0.4, -0.2) is 57.8 Å². The zero-order chi connectivity index (χ0) is 16.7. The number of thiophene rings is 1. The highest BCUT2D eigenvalue weighted by Crippen LogP contribution is 2.34. The van der Waals surface area contributed by atoms with Crippen molar-refractivity contribution in [3.05, 3.63) is 28.7 Å². The smallest absolute Gasteiger partial charge is 0.266 e. The molecule has 1 saturated carbocycles. The fraction of sp³-hybridized carbons (Fsp3) is 0.533. The number of fused-ring (bicyclic) bond motifs is 1. The Bertz CT molecular complexity index is 844. The fourth-order valence-electron chi connectivity index (χ4n) is 3.76. The van der Waals surface area contributed by atoms with E-state index in [2.05, 4.69) is 10.3 Å². The summed E-state index contributed by atoms with van der Waals surface area (Å²) in [5, 5.41) is 9.19. The molecule has 0 N–H and O–H groups in total. The highest BCUT2D eigenvalue weighted by Gasteiger charge is 2.45. The second-order valence-corrected chi connectivity index (χ2v) is 9.49. The van der Waals surface area contributed by atoms with Crippen LogP contribution in [-0.2, 0) is 9.84 Å². The normalized spacial score (nSPS) is 26.1. The summed E-state index contributed by atoms with van der Waals surface area (Å²) in [5.74, 6) is -0.0356. The van der Waals surface area contributed by atoms with Gasteiger partial charge in [0.15, 0.2) is 9.84 Å². The van der Waals surface area contributed by atoms with E-state index in [1.807, 2.05) is 11.4 Å². The van der Waals surface area contributed by atoms with Crippen molar-refractivity contribution >= 4 is 27.1 Å². The van der Waals surface area contributed by atoms with Crippen LogP contribution in [0.3, 0.4) is 0 Å². The average molecular weight is 366 g/mol. The lowest BCUT2D eigenvalue weighted by molar-refractivity contribution is 0.0643. The van der Waals surface area contributed by atoms with E-state index >= 15 is 0 Å². The largest absolute Gasteiger partial charge is 0.333 e. The van der Waals surface area contributed by atoms with E-state index in [1.54, 1.807) is 22.0 Å². The van der Waals surface area contributed by atoms with Gasteiger partial charge in [-0.3, -0.25) is 4.79 Å². The summed E-state index contributed by atoms with van der Waals surface area (Å²) in [6.07, 6.45) is 6.59. The number of rotatable bonds is 2. The lowest BCUT2D eigenvalue weighted by Gasteiger charge is -2.43. The van der Waals surface area contributed by atoms with Gasteiger partial charge in [-0.1, -0.05) is 18.1 Å². The summed E-state index contributed by atoms with van der Waals surface area (Å²) in [4.78, 5) is 15.5. The van der Waals surface area contributed by atoms with Crippen LogP contribution in [0.4, 0.5) is 0 Å². The minimum Gasteiger partial charge on any atom is -0.333 e. The lowest BCUT2D eigenvalue weighted by atomic mass is 9.93. The van der Waals surface area contributed by atoms with Crippen molar-refractivity contribution in [3.8, 4) is 5.69 Å². The summed E-state index contributed by atoms with van der Waals surface area (Å²) in [6, 6.07) is 1.64. The van der Waals surface area contributed by atoms with Crippen LogP contribution in [0.5, 0.6) is 0 Å². The van der Waals surface area contributed by atoms with E-state index in [9.17, 15) is 13.2 Å². The van der Waals surface area contributed by atoms with Crippen molar-refractivity contribution in [1.29, 1.82) is 0 Å². The molecule has 0 radical (unpaired) electrons. The van der Waals surface area contributed by atoms with Gasteiger partial charge < -0.3 is 4.90 Å². The highest BCUT2D eigenvalue weighted by atomic mass is 32.2. The van der Waals surface area contributed by atoms with Gasteiger partial charge in [-0.2, -0.15) is 0 Å². The Labute approximate surface area is 144 Å². The van der Waals surface area contributed by atoms with Gasteiger partial charge in [-0.05, 0) is 24.3 Å². The maximum absolute atomic E-state index is 13.1. The summed E-state index contributed by atoms with van der Waals surface area (Å²) in [7, 11) is -3.09. The standard InChI is InChI=1S/C15H18N4O3S2/c20-15(14-12(5-9-23-14)19-7-6-16-17-19)18-8-10-24(21,22)13-4-2-1-3-11(13)18/h5-7,9,11,13H,1-4,8,10H2/t11-,13+/m1/s1. The van der Waals surface area contributed by atoms with E-state index in [0.29, 0.717) is 17.0 Å². The van der Waals surface area contributed by atoms with Gasteiger partial charge in [-0.25, -0.2) is 13.1 Å². The molecule has 3 heterocycles. The van der Waals surface area contributed by atoms with E-state index in [4.69, 9.17) is 0 Å². The zero-order valence-corrected chi connectivity index (χ0v) is 14.7. The first-order valence-corrected chi connectivity index (χ1v) is 10.6. The van der Waals surface area contributed by atoms with Crippen molar-refractivity contribution in [3.63, 3.8) is 0 Å². The number of sulfone groups is 1. The number of hydrogen-bond donors (Lipinski definition) is 0. The molecule has 1 saturated heterocycles. The molecule has 128 valence electrons. The Kier molecular flexibility index (Phi) is 3.92. The first kappa shape index (κ1) is 15.8. The molecule has 9 heteroatoms. The molecular weight excluding hydrogens is 348 g/mol. The van der Waals surface area contributed by atoms with Crippen LogP contribution in [0, 0.1) is 0 Å². The Morgan fingerprint density at radius 1 is 1.29 bits per heavy atom. The highest BCUT2D eigenvalue weighted by molar-refractivity contribution is 7.92. The molecule has 7 nitrogen and oxygen atoms in total. The SMILES string of the molecule is O=C(c1sccc1-n1ccnn1)N1CCS(=O)(=O)[C@H]2CCCC[C@H]21. The molecule has 0 spiro atoms. The molecule has 2 atom stereocenters. The predicted octanol–water partition coefficient (Wildman–Crippen LogP) is 1.51. The third kappa shape index (κ3) is 2.55. The molecule has 24 heavy (non-hydrogen) atoms. The van der Waals surface area contributed by atoms with Gasteiger partial charge in [0.25, 0.3) is 5.91 Å². The summed E-state index contributed by atoms with van der Waals surface area (Å²) in [5.41, 5.74) is 0.697. The molecule has 1 amide bonds. The topological polar surface area (TPSA) is 85.2 Å². The van der Waals surface area contributed by atoms with Crippen molar-refractivity contribution in [2.45, 2.75) is 37.0 Å². The Balaban J connectivity index is 1.67. The molecule has 0 bridgehead atoms. The van der Waals surface area contributed by atoms with Gasteiger partial charge >= 0.3 is 0 Å². The summed E-state index contributed by atoms with van der Waals surface area (Å²) >= 11 is 1.36. The van der Waals surface area contributed by atoms with E-state index in [1.165, 1.54) is 11.3 Å². The number of nitrogens with zero attached hydrogens (tertiary/aromatic N) is 4. The van der Waals surface area contributed by atoms with Crippen molar-refractivity contribution in [2.75, 3.05) is 12.3 Å². The maximum Gasteiger partial charge on any atom is 0.266 e. The minimum atomic E-state index is -3.09. The first-order chi connectivity index (χ1) is 11.6. The molecule has 2 aliphatic rings. The molecule has 2 aromatic heterocycles. The molecule has 1 aliphatic heterocycles. The quantitative estimate of drug-likeness (QED) is 0.804. The van der Waals surface area contributed by atoms with Crippen molar-refractivity contribution in [2.24, 2.45) is 0 Å². The second kappa shape index (κ2) is 5.96. The number of carbonyl (C=O) groups is 1. The monoisotopic (exact) mass is 366 g/mol. The summed E-state index contributed by atoms with van der Waals surface area (Å²) in [6.45, 7) is 0.275. The van der Waals surface area contributed by atoms with Crippen molar-refractivity contribution < 1.29 is 13.2 Å². The molecule has 4 rings (SSSR count). The third-order valence-electron chi connectivity index (χ3n) is 4.91. The van der Waals surface area contributed by atoms with E-state index in [-0.39, 0.29) is 24.2 Å². The maximum atomic E-state index is 13.1. The second-order valence-electron chi connectivity index (χ2n) is 6.24. The average Bonchev–Trinajstić information content (AvgIpc) is 3.25. The van der Waals surface area contributed by atoms with Crippen LogP contribution in [0.2, 0.25) is 0 Å². The Hall–Kier alpha value is -1.74. The van der Waals surface area contributed by atoms with Crippen LogP contribution in [0.1, 0.15) is 35.4 Å². The van der Waals surface area contributed by atoms with E-state index in [0.717, 1.165) is 19.3 Å². The van der Waals surface area contributed by atoms with Gasteiger partial charge in [0.1, 0.15) is 4.88 Å². The number of carbonyl (C=O) groups excluding carboxylic acids is 1. The van der Waals surface area contributed by atoms with Gasteiger partial charge in [0.05, 0.1) is 29.1 Å². The molecule has 1 aliphatic carbocycles. The molecule has 2 fully saturated rings. The number of amides is 1. The predicted molar refractivity (Wildman–Crippen MR) is 90.1 cm³/mol. The number of aromatic nitrogens is 3. The van der Waals surface area contributed by atoms with Gasteiger partial charge in [0, 0.05) is 12.6 Å². The zero-order valence-electron chi connectivity index (χ0n) is 13.0. The third-order valence-corrected chi connectivity index (χ3v) is 8.03. The molecule has 2 aromatic rings. The van der Waals surface area contributed by atoms with Gasteiger partial charge in [0.2, 0.25) is 0 Å². The van der Waals surface area contributed by atoms with E-state index < -0.39 is 15.1 Å². The molecule has 0 unspecified atom stereocenters. The van der Waals surface area contributed by atoms with Crippen LogP contribution >= 0.6 is 11.3 Å². The minimum absolute atomic E-state index is 0.0595. The van der Waals surface area contributed by atoms with Gasteiger partial charge in [-0.15, -0.1) is 16.4 Å². The molecular formula is C15H18N4O3S2. The molecule has 0 aromatic carbocycles. The first-order valence-electron chi connectivity index (χ1n) is 8.04. The van der Waals surface area contributed by atoms with Crippen LogP contribution in [0.15, 0.2) is 23.8 Å².